The number of nitrogens with one attached hydrogen (secondary N) is 3. The normalized spacial score (nSPS) is 10.2. The second kappa shape index (κ2) is 12.0. The molecule has 0 radical (unpaired) electrons. The van der Waals surface area contributed by atoms with Crippen LogP contribution in [0, 0.1) is 0 Å². The first kappa shape index (κ1) is 25.0. The standard InChI is InChI=1S/C26H25N3O6/c1-17(30)28-20-10-6-18(7-11-20)16-19-8-12-21(13-9-19)29-26(34)35-15-14-27-24(31)22-4-2-3-5-23(22)25(32)33/h2-13H,14-16H2,1H3,(H,27,31)(H,28,30)(H,29,34)(H,32,33). The molecule has 0 fully saturated rings. The van der Waals surface area contributed by atoms with Crippen molar-refractivity contribution in [2.24, 2.45) is 0 Å². The maximum atomic E-state index is 12.2. The van der Waals surface area contributed by atoms with E-state index >= 15 is 0 Å². The maximum absolute atomic E-state index is 12.2. The molecular weight excluding hydrogens is 450 g/mol. The topological polar surface area (TPSA) is 134 Å². The van der Waals surface area contributed by atoms with Crippen LogP contribution in [0.15, 0.2) is 72.8 Å². The van der Waals surface area contributed by atoms with Gasteiger partial charge in [-0.1, -0.05) is 36.4 Å². The Bertz CT molecular complexity index is 1210. The van der Waals surface area contributed by atoms with Crippen molar-refractivity contribution >= 4 is 35.3 Å². The predicted octanol–water partition coefficient (Wildman–Crippen LogP) is 3.91. The van der Waals surface area contributed by atoms with E-state index in [0.717, 1.165) is 16.8 Å². The average Bonchev–Trinajstić information content (AvgIpc) is 2.84. The molecule has 3 aromatic carbocycles. The summed E-state index contributed by atoms with van der Waals surface area (Å²) in [7, 11) is 0. The molecule has 9 nitrogen and oxygen atoms in total. The van der Waals surface area contributed by atoms with Crippen LogP contribution < -0.4 is 16.0 Å². The SMILES string of the molecule is CC(=O)Nc1ccc(Cc2ccc(NC(=O)OCCNC(=O)c3ccccc3C(=O)O)cc2)cc1. The molecule has 0 saturated heterocycles. The molecule has 4 N–H and O–H groups in total. The van der Waals surface area contributed by atoms with Gasteiger partial charge in [-0.05, 0) is 53.9 Å². The minimum Gasteiger partial charge on any atom is -0.478 e. The van der Waals surface area contributed by atoms with Gasteiger partial charge >= 0.3 is 12.1 Å². The van der Waals surface area contributed by atoms with Crippen molar-refractivity contribution in [2.45, 2.75) is 13.3 Å². The van der Waals surface area contributed by atoms with Crippen molar-refractivity contribution in [1.29, 1.82) is 0 Å². The van der Waals surface area contributed by atoms with Crippen LogP contribution in [-0.2, 0) is 16.0 Å². The summed E-state index contributed by atoms with van der Waals surface area (Å²) in [6, 6.07) is 20.7. The van der Waals surface area contributed by atoms with Crippen LogP contribution in [0.1, 0.15) is 38.8 Å². The molecule has 0 aromatic heterocycles. The highest BCUT2D eigenvalue weighted by molar-refractivity contribution is 6.04. The Hall–Kier alpha value is -4.66. The minimum atomic E-state index is -1.20. The molecule has 180 valence electrons. The van der Waals surface area contributed by atoms with Crippen molar-refractivity contribution in [3.8, 4) is 0 Å². The van der Waals surface area contributed by atoms with Crippen molar-refractivity contribution in [3.05, 3.63) is 95.1 Å². The molecule has 3 rings (SSSR count). The molecule has 0 aliphatic heterocycles. The molecule has 0 spiro atoms. The summed E-state index contributed by atoms with van der Waals surface area (Å²) in [5.74, 6) is -1.88. The molecule has 9 heteroatoms. The van der Waals surface area contributed by atoms with E-state index in [2.05, 4.69) is 16.0 Å². The van der Waals surface area contributed by atoms with E-state index in [1.54, 1.807) is 18.2 Å². The zero-order valence-electron chi connectivity index (χ0n) is 19.0. The summed E-state index contributed by atoms with van der Waals surface area (Å²) in [6.07, 6.45) is 0.0157. The van der Waals surface area contributed by atoms with Gasteiger partial charge in [0.1, 0.15) is 6.61 Å². The Morgan fingerprint density at radius 2 is 1.31 bits per heavy atom. The van der Waals surface area contributed by atoms with Crippen LogP contribution >= 0.6 is 0 Å². The van der Waals surface area contributed by atoms with Crippen molar-refractivity contribution in [3.63, 3.8) is 0 Å². The summed E-state index contributed by atoms with van der Waals surface area (Å²) < 4.78 is 5.06. The van der Waals surface area contributed by atoms with E-state index in [9.17, 15) is 19.2 Å². The number of carbonyl (C=O) groups is 4. The monoisotopic (exact) mass is 475 g/mol. The highest BCUT2D eigenvalue weighted by atomic mass is 16.5. The van der Waals surface area contributed by atoms with Gasteiger partial charge in [0.05, 0.1) is 17.7 Å². The number of benzene rings is 3. The largest absolute Gasteiger partial charge is 0.478 e. The maximum Gasteiger partial charge on any atom is 0.411 e. The summed E-state index contributed by atoms with van der Waals surface area (Å²) >= 11 is 0. The number of hydrogen-bond donors (Lipinski definition) is 4. The molecular formula is C26H25N3O6. The molecule has 0 unspecified atom stereocenters. The van der Waals surface area contributed by atoms with E-state index in [1.165, 1.54) is 25.1 Å². The summed E-state index contributed by atoms with van der Waals surface area (Å²) in [6.45, 7) is 1.40. The summed E-state index contributed by atoms with van der Waals surface area (Å²) in [5, 5.41) is 17.0. The molecule has 0 atom stereocenters. The fourth-order valence-corrected chi connectivity index (χ4v) is 3.28. The number of aromatic carboxylic acids is 1. The van der Waals surface area contributed by atoms with Gasteiger partial charge in [0, 0.05) is 18.3 Å². The number of anilines is 2. The molecule has 0 aliphatic carbocycles. The number of amides is 3. The number of carbonyl (C=O) groups excluding carboxylic acids is 3. The first-order valence-corrected chi connectivity index (χ1v) is 10.8. The summed E-state index contributed by atoms with van der Waals surface area (Å²) in [5.41, 5.74) is 3.35. The molecule has 3 amide bonds. The van der Waals surface area contributed by atoms with Crippen LogP contribution in [0.25, 0.3) is 0 Å². The zero-order chi connectivity index (χ0) is 25.2. The van der Waals surface area contributed by atoms with E-state index in [4.69, 9.17) is 9.84 Å². The number of carboxylic acids is 1. The van der Waals surface area contributed by atoms with Gasteiger partial charge in [-0.3, -0.25) is 14.9 Å². The minimum absolute atomic E-state index is 0.0276. The zero-order valence-corrected chi connectivity index (χ0v) is 19.0. The Balaban J connectivity index is 1.41. The lowest BCUT2D eigenvalue weighted by Crippen LogP contribution is -2.30. The first-order valence-electron chi connectivity index (χ1n) is 10.8. The molecule has 0 aliphatic rings. The second-order valence-corrected chi connectivity index (χ2v) is 7.62. The van der Waals surface area contributed by atoms with Gasteiger partial charge < -0.3 is 20.5 Å². The van der Waals surface area contributed by atoms with Crippen molar-refractivity contribution in [2.75, 3.05) is 23.8 Å². The number of carboxylic acid groups (broad SMARTS) is 1. The number of rotatable bonds is 9. The summed E-state index contributed by atoms with van der Waals surface area (Å²) in [4.78, 5) is 46.5. The van der Waals surface area contributed by atoms with Gasteiger partial charge in [0.2, 0.25) is 5.91 Å². The average molecular weight is 476 g/mol. The first-order chi connectivity index (χ1) is 16.8. The van der Waals surface area contributed by atoms with Gasteiger partial charge in [-0.15, -0.1) is 0 Å². The molecule has 0 saturated carbocycles. The van der Waals surface area contributed by atoms with Crippen LogP contribution in [0.4, 0.5) is 16.2 Å². The van der Waals surface area contributed by atoms with Gasteiger partial charge in [0.25, 0.3) is 5.91 Å². The lowest BCUT2D eigenvalue weighted by atomic mass is 10.0. The molecule has 3 aromatic rings. The Morgan fingerprint density at radius 1 is 0.771 bits per heavy atom. The fraction of sp³-hybridized carbons (Fsp3) is 0.154. The Kier molecular flexibility index (Phi) is 8.55. The number of hydrogen-bond acceptors (Lipinski definition) is 5. The highest BCUT2D eigenvalue weighted by Gasteiger charge is 2.15. The number of ether oxygens (including phenoxy) is 1. The van der Waals surface area contributed by atoms with E-state index in [-0.39, 0.29) is 30.2 Å². The van der Waals surface area contributed by atoms with Crippen LogP contribution in [-0.4, -0.2) is 42.1 Å². The van der Waals surface area contributed by atoms with Crippen LogP contribution in [0.2, 0.25) is 0 Å². The molecule has 35 heavy (non-hydrogen) atoms. The Labute approximate surface area is 202 Å². The second-order valence-electron chi connectivity index (χ2n) is 7.62. The third-order valence-electron chi connectivity index (χ3n) is 4.91. The smallest absolute Gasteiger partial charge is 0.411 e. The molecule has 0 heterocycles. The van der Waals surface area contributed by atoms with Crippen molar-refractivity contribution < 1.29 is 29.0 Å². The lowest BCUT2D eigenvalue weighted by Gasteiger charge is -2.10. The fourth-order valence-electron chi connectivity index (χ4n) is 3.28. The van der Waals surface area contributed by atoms with Gasteiger partial charge in [0.15, 0.2) is 0 Å². The lowest BCUT2D eigenvalue weighted by molar-refractivity contribution is -0.114. The van der Waals surface area contributed by atoms with Crippen LogP contribution in [0.5, 0.6) is 0 Å². The third kappa shape index (κ3) is 7.71. The van der Waals surface area contributed by atoms with E-state index < -0.39 is 18.0 Å². The van der Waals surface area contributed by atoms with Gasteiger partial charge in [-0.2, -0.15) is 0 Å². The highest BCUT2D eigenvalue weighted by Crippen LogP contribution is 2.16. The van der Waals surface area contributed by atoms with E-state index in [1.807, 2.05) is 36.4 Å². The van der Waals surface area contributed by atoms with Gasteiger partial charge in [-0.25, -0.2) is 9.59 Å². The molecule has 0 bridgehead atoms. The Morgan fingerprint density at radius 3 is 1.86 bits per heavy atom. The van der Waals surface area contributed by atoms with E-state index in [0.29, 0.717) is 12.1 Å². The third-order valence-corrected chi connectivity index (χ3v) is 4.91. The van der Waals surface area contributed by atoms with Crippen molar-refractivity contribution in [1.82, 2.24) is 5.32 Å². The predicted molar refractivity (Wildman–Crippen MR) is 131 cm³/mol. The van der Waals surface area contributed by atoms with Crippen LogP contribution in [0.3, 0.4) is 0 Å². The quantitative estimate of drug-likeness (QED) is 0.347.